The van der Waals surface area contributed by atoms with Gasteiger partial charge in [-0.05, 0) is 135 Å². The molecule has 3 N–H and O–H groups in total. The third kappa shape index (κ3) is 5.21. The fourth-order valence-corrected chi connectivity index (χ4v) is 10.1. The molecule has 0 bridgehead atoms. The van der Waals surface area contributed by atoms with Crippen LogP contribution in [0.25, 0.3) is 0 Å². The summed E-state index contributed by atoms with van der Waals surface area (Å²) in [7, 11) is 0. The summed E-state index contributed by atoms with van der Waals surface area (Å²) in [5.74, 6) is 3.33. The van der Waals surface area contributed by atoms with Crippen molar-refractivity contribution in [3.63, 3.8) is 0 Å². The fourth-order valence-electron chi connectivity index (χ4n) is 10.1. The van der Waals surface area contributed by atoms with E-state index in [-0.39, 0.29) is 28.9 Å². The molecule has 1 aromatic rings. The molecular weight excluding hydrogens is 470 g/mol. The normalized spacial score (nSPS) is 41.1. The molecule has 212 valence electrons. The summed E-state index contributed by atoms with van der Waals surface area (Å²) in [6.07, 6.45) is 13.3. The van der Waals surface area contributed by atoms with Gasteiger partial charge in [0.25, 0.3) is 0 Å². The van der Waals surface area contributed by atoms with Gasteiger partial charge in [0.05, 0.1) is 12.2 Å². The lowest BCUT2D eigenvalue weighted by atomic mass is 9.43. The van der Waals surface area contributed by atoms with Crippen molar-refractivity contribution in [2.75, 3.05) is 5.32 Å². The van der Waals surface area contributed by atoms with Crippen LogP contribution in [0.3, 0.4) is 0 Å². The smallest absolute Gasteiger partial charge is 0.224 e. The van der Waals surface area contributed by atoms with Gasteiger partial charge in [-0.15, -0.1) is 0 Å². The number of unbranched alkanes of at least 4 members (excludes halogenated alkanes) is 1. The predicted molar refractivity (Wildman–Crippen MR) is 155 cm³/mol. The highest BCUT2D eigenvalue weighted by molar-refractivity contribution is 5.90. The summed E-state index contributed by atoms with van der Waals surface area (Å²) in [4.78, 5) is 12.8. The second-order valence-electron chi connectivity index (χ2n) is 14.3. The number of benzene rings is 1. The van der Waals surface area contributed by atoms with Gasteiger partial charge in [0.2, 0.25) is 5.91 Å². The van der Waals surface area contributed by atoms with Crippen molar-refractivity contribution in [3.05, 3.63) is 29.8 Å². The first-order chi connectivity index (χ1) is 18.2. The maximum absolute atomic E-state index is 12.8. The summed E-state index contributed by atoms with van der Waals surface area (Å²) in [6, 6.07) is 8.37. The van der Waals surface area contributed by atoms with Crippen LogP contribution in [-0.2, 0) is 11.2 Å². The minimum Gasteiger partial charge on any atom is -0.393 e. The average molecular weight is 524 g/mol. The van der Waals surface area contributed by atoms with Gasteiger partial charge < -0.3 is 15.5 Å². The molecule has 10 atom stereocenters. The molecule has 0 saturated heterocycles. The van der Waals surface area contributed by atoms with E-state index in [0.717, 1.165) is 44.2 Å². The van der Waals surface area contributed by atoms with Crippen molar-refractivity contribution in [1.82, 2.24) is 0 Å². The van der Waals surface area contributed by atoms with Gasteiger partial charge >= 0.3 is 0 Å². The van der Waals surface area contributed by atoms with Crippen molar-refractivity contribution in [2.45, 2.75) is 123 Å². The Balaban J connectivity index is 1.18. The van der Waals surface area contributed by atoms with Gasteiger partial charge in [0.15, 0.2) is 0 Å². The molecule has 1 aromatic carbocycles. The van der Waals surface area contributed by atoms with Crippen molar-refractivity contribution in [1.29, 1.82) is 0 Å². The quantitative estimate of drug-likeness (QED) is 0.333. The standard InChI is InChI=1S/C34H53NO3/c1-5-6-7-23-9-11-25(12-10-23)35-31(38)15-8-22(2)27-13-14-28-32-29(17-19-34(27,28)4)33(3)18-16-26(36)20-24(33)21-30(32)37/h9-12,22,24,26-30,32,36-37H,5-8,13-21H2,1-4H3,(H,35,38)/t22-,24+,26-,27-,28+,29+,30+,32+,33+,34-/m0/s1. The molecule has 1 amide bonds. The highest BCUT2D eigenvalue weighted by atomic mass is 16.3. The molecule has 4 saturated carbocycles. The van der Waals surface area contributed by atoms with Crippen LogP contribution in [0.5, 0.6) is 0 Å². The molecule has 5 rings (SSSR count). The van der Waals surface area contributed by atoms with E-state index in [0.29, 0.717) is 41.9 Å². The zero-order valence-electron chi connectivity index (χ0n) is 24.4. The molecule has 4 fully saturated rings. The summed E-state index contributed by atoms with van der Waals surface area (Å²) >= 11 is 0. The Kier molecular flexibility index (Phi) is 8.32. The Morgan fingerprint density at radius 2 is 1.71 bits per heavy atom. The highest BCUT2D eigenvalue weighted by Crippen LogP contribution is 2.68. The third-order valence-corrected chi connectivity index (χ3v) is 12.3. The molecule has 0 spiro atoms. The molecule has 4 nitrogen and oxygen atoms in total. The van der Waals surface area contributed by atoms with Gasteiger partial charge in [-0.25, -0.2) is 0 Å². The van der Waals surface area contributed by atoms with Crippen molar-refractivity contribution in [3.8, 4) is 0 Å². The molecule has 4 heteroatoms. The van der Waals surface area contributed by atoms with E-state index in [1.807, 2.05) is 12.1 Å². The van der Waals surface area contributed by atoms with E-state index in [1.54, 1.807) is 0 Å². The monoisotopic (exact) mass is 523 g/mol. The van der Waals surface area contributed by atoms with Crippen LogP contribution in [-0.4, -0.2) is 28.3 Å². The lowest BCUT2D eigenvalue weighted by molar-refractivity contribution is -0.174. The van der Waals surface area contributed by atoms with Crippen LogP contribution in [0.2, 0.25) is 0 Å². The summed E-state index contributed by atoms with van der Waals surface area (Å²) in [5.41, 5.74) is 2.79. The van der Waals surface area contributed by atoms with Crippen LogP contribution in [0.1, 0.15) is 110 Å². The number of hydrogen-bond donors (Lipinski definition) is 3. The maximum atomic E-state index is 12.8. The number of fused-ring (bicyclic) bond motifs is 5. The zero-order valence-corrected chi connectivity index (χ0v) is 24.4. The minimum absolute atomic E-state index is 0.128. The van der Waals surface area contributed by atoms with E-state index in [4.69, 9.17) is 0 Å². The average Bonchev–Trinajstić information content (AvgIpc) is 3.25. The molecule has 4 aliphatic carbocycles. The number of aryl methyl sites for hydroxylation is 1. The first-order valence-electron chi connectivity index (χ1n) is 15.9. The Hall–Kier alpha value is -1.39. The Bertz CT molecular complexity index is 961. The van der Waals surface area contributed by atoms with Crippen LogP contribution in [0.15, 0.2) is 24.3 Å². The largest absolute Gasteiger partial charge is 0.393 e. The van der Waals surface area contributed by atoms with Gasteiger partial charge in [-0.3, -0.25) is 4.79 Å². The summed E-state index contributed by atoms with van der Waals surface area (Å²) in [5, 5.41) is 24.9. The SMILES string of the molecule is CCCCc1ccc(NC(=O)CC[C@H](C)[C@@H]2CC[C@@H]3[C@H]4[C@H](O)C[C@H]5C[C@@H](O)CC[C@@]5(C)[C@@H]4CC[C@]32C)cc1. The second kappa shape index (κ2) is 11.2. The Morgan fingerprint density at radius 3 is 2.45 bits per heavy atom. The van der Waals surface area contributed by atoms with Crippen molar-refractivity contribution >= 4 is 11.6 Å². The number of amides is 1. The molecule has 38 heavy (non-hydrogen) atoms. The van der Waals surface area contributed by atoms with E-state index < -0.39 is 0 Å². The number of hydrogen-bond acceptors (Lipinski definition) is 3. The summed E-state index contributed by atoms with van der Waals surface area (Å²) < 4.78 is 0. The van der Waals surface area contributed by atoms with Gasteiger partial charge in [0, 0.05) is 12.1 Å². The van der Waals surface area contributed by atoms with E-state index >= 15 is 0 Å². The molecule has 4 aliphatic rings. The van der Waals surface area contributed by atoms with E-state index in [9.17, 15) is 15.0 Å². The molecule has 0 aliphatic heterocycles. The Morgan fingerprint density at radius 1 is 1.00 bits per heavy atom. The fraction of sp³-hybridized carbons (Fsp3) is 0.794. The molecule has 0 heterocycles. The molecule has 0 unspecified atom stereocenters. The van der Waals surface area contributed by atoms with Gasteiger partial charge in [0.1, 0.15) is 0 Å². The van der Waals surface area contributed by atoms with Gasteiger partial charge in [-0.2, -0.15) is 0 Å². The first-order valence-corrected chi connectivity index (χ1v) is 15.9. The minimum atomic E-state index is -0.221. The molecule has 0 aromatic heterocycles. The van der Waals surface area contributed by atoms with Crippen molar-refractivity contribution in [2.24, 2.45) is 46.3 Å². The number of nitrogens with one attached hydrogen (secondary N) is 1. The van der Waals surface area contributed by atoms with E-state index in [2.05, 4.69) is 45.1 Å². The zero-order chi connectivity index (χ0) is 27.1. The highest BCUT2D eigenvalue weighted by Gasteiger charge is 2.62. The maximum Gasteiger partial charge on any atom is 0.224 e. The molecule has 0 radical (unpaired) electrons. The Labute approximate surface area is 231 Å². The predicted octanol–water partition coefficient (Wildman–Crippen LogP) is 7.37. The van der Waals surface area contributed by atoms with Crippen LogP contribution in [0.4, 0.5) is 5.69 Å². The van der Waals surface area contributed by atoms with Crippen LogP contribution in [0, 0.1) is 46.3 Å². The van der Waals surface area contributed by atoms with Crippen molar-refractivity contribution < 1.29 is 15.0 Å². The van der Waals surface area contributed by atoms with Crippen LogP contribution >= 0.6 is 0 Å². The second-order valence-corrected chi connectivity index (χ2v) is 14.3. The van der Waals surface area contributed by atoms with Crippen LogP contribution < -0.4 is 5.32 Å². The number of carbonyl (C=O) groups excluding carboxylic acids is 1. The first kappa shape index (κ1) is 28.1. The number of aliphatic hydroxyl groups excluding tert-OH is 2. The third-order valence-electron chi connectivity index (χ3n) is 12.3. The van der Waals surface area contributed by atoms with Gasteiger partial charge in [-0.1, -0.05) is 46.2 Å². The number of carbonyl (C=O) groups is 1. The lowest BCUT2D eigenvalue weighted by Gasteiger charge is -2.62. The molecular formula is C34H53NO3. The number of rotatable bonds is 8. The lowest BCUT2D eigenvalue weighted by Crippen LogP contribution is -2.58. The number of aliphatic hydroxyl groups is 2. The van der Waals surface area contributed by atoms with E-state index in [1.165, 1.54) is 44.1 Å². The summed E-state index contributed by atoms with van der Waals surface area (Å²) in [6.45, 7) is 9.60. The number of anilines is 1. The topological polar surface area (TPSA) is 69.6 Å².